The molecule has 0 bridgehead atoms. The normalized spacial score (nSPS) is 39.4. The minimum absolute atomic E-state index is 0.00702. The summed E-state index contributed by atoms with van der Waals surface area (Å²) in [5.74, 6) is 1.28. The third kappa shape index (κ3) is 2.24. The molecule has 3 heterocycles. The number of nitrogens with one attached hydrogen (secondary N) is 1. The first-order chi connectivity index (χ1) is 9.14. The van der Waals surface area contributed by atoms with E-state index >= 15 is 0 Å². The molecule has 3 atom stereocenters. The van der Waals surface area contributed by atoms with Crippen LogP contribution in [0.3, 0.4) is 0 Å². The number of nitrogens with two attached hydrogens (primary N) is 1. The summed E-state index contributed by atoms with van der Waals surface area (Å²) in [4.78, 5) is 14.3. The van der Waals surface area contributed by atoms with Gasteiger partial charge in [0.1, 0.15) is 6.04 Å². The maximum atomic E-state index is 12.6. The smallest absolute Gasteiger partial charge is 0.244 e. The topological polar surface area (TPSA) is 82.1 Å². The fourth-order valence-corrected chi connectivity index (χ4v) is 4.98. The molecule has 0 aromatic carbocycles. The Labute approximate surface area is 117 Å². The van der Waals surface area contributed by atoms with Crippen molar-refractivity contribution < 1.29 is 4.79 Å². The van der Waals surface area contributed by atoms with E-state index in [9.17, 15) is 4.79 Å². The molecule has 1 amide bonds. The van der Waals surface area contributed by atoms with Gasteiger partial charge in [0.25, 0.3) is 0 Å². The van der Waals surface area contributed by atoms with Crippen molar-refractivity contribution in [2.75, 3.05) is 18.8 Å². The Morgan fingerprint density at radius 2 is 2.26 bits per heavy atom. The van der Waals surface area contributed by atoms with Crippen molar-refractivity contribution in [2.24, 2.45) is 11.7 Å². The van der Waals surface area contributed by atoms with E-state index in [2.05, 4.69) is 11.4 Å². The Bertz CT molecular complexity index is 417. The lowest BCUT2D eigenvalue weighted by Gasteiger charge is -2.31. The average molecular weight is 280 g/mol. The van der Waals surface area contributed by atoms with Crippen LogP contribution >= 0.6 is 11.8 Å². The number of carbonyl (C=O) groups is 1. The molecule has 3 saturated heterocycles. The summed E-state index contributed by atoms with van der Waals surface area (Å²) in [7, 11) is 0. The first-order valence-corrected chi connectivity index (χ1v) is 8.02. The number of hydrogen-bond donors (Lipinski definition) is 2. The average Bonchev–Trinajstić information content (AvgIpc) is 2.90. The van der Waals surface area contributed by atoms with Crippen molar-refractivity contribution in [3.05, 3.63) is 0 Å². The number of nitriles is 1. The molecule has 6 heteroatoms. The molecule has 3 aliphatic heterocycles. The van der Waals surface area contributed by atoms with Gasteiger partial charge in [-0.2, -0.15) is 5.26 Å². The number of rotatable bonds is 2. The molecule has 0 saturated carbocycles. The molecule has 5 nitrogen and oxygen atoms in total. The van der Waals surface area contributed by atoms with Crippen LogP contribution in [0.1, 0.15) is 25.7 Å². The first-order valence-electron chi connectivity index (χ1n) is 6.97. The maximum Gasteiger partial charge on any atom is 0.244 e. The Kier molecular flexibility index (Phi) is 3.46. The van der Waals surface area contributed by atoms with E-state index in [1.165, 1.54) is 0 Å². The molecule has 0 aliphatic carbocycles. The van der Waals surface area contributed by atoms with Crippen LogP contribution in [0.4, 0.5) is 0 Å². The summed E-state index contributed by atoms with van der Waals surface area (Å²) < 4.78 is 0. The third-order valence-electron chi connectivity index (χ3n) is 4.55. The van der Waals surface area contributed by atoms with Crippen molar-refractivity contribution >= 4 is 17.7 Å². The number of hydrogen-bond acceptors (Lipinski definition) is 5. The molecule has 0 spiro atoms. The zero-order chi connectivity index (χ0) is 13.5. The van der Waals surface area contributed by atoms with Crippen molar-refractivity contribution in [2.45, 2.75) is 42.6 Å². The van der Waals surface area contributed by atoms with Gasteiger partial charge in [-0.1, -0.05) is 0 Å². The van der Waals surface area contributed by atoms with E-state index < -0.39 is 5.54 Å². The molecular weight excluding hydrogens is 260 g/mol. The fourth-order valence-electron chi connectivity index (χ4n) is 3.52. The van der Waals surface area contributed by atoms with Crippen LogP contribution in [-0.2, 0) is 4.79 Å². The van der Waals surface area contributed by atoms with Gasteiger partial charge < -0.3 is 16.0 Å². The zero-order valence-electron chi connectivity index (χ0n) is 11.0. The Morgan fingerprint density at radius 1 is 1.53 bits per heavy atom. The van der Waals surface area contributed by atoms with Crippen molar-refractivity contribution in [3.63, 3.8) is 0 Å². The maximum absolute atomic E-state index is 12.6. The van der Waals surface area contributed by atoms with Gasteiger partial charge in [-0.15, -0.1) is 11.8 Å². The van der Waals surface area contributed by atoms with Crippen molar-refractivity contribution in [1.82, 2.24) is 10.2 Å². The van der Waals surface area contributed by atoms with Gasteiger partial charge in [0, 0.05) is 12.2 Å². The number of carbonyl (C=O) groups excluding carboxylic acids is 1. The second kappa shape index (κ2) is 4.97. The van der Waals surface area contributed by atoms with Crippen molar-refractivity contribution in [1.29, 1.82) is 5.26 Å². The highest BCUT2D eigenvalue weighted by Crippen LogP contribution is 2.43. The van der Waals surface area contributed by atoms with Gasteiger partial charge in [0.05, 0.1) is 17.0 Å². The standard InChI is InChI=1S/C13H20N4OS/c14-7-10-8-19-11-6-13(15,12(18)17(10)11)5-9-1-3-16-4-2-9/h9-11,16H,1-6,8,15H2/t10-,11?,13-/m1/s1. The van der Waals surface area contributed by atoms with Crippen LogP contribution in [0.2, 0.25) is 0 Å². The monoisotopic (exact) mass is 280 g/mol. The summed E-state index contributed by atoms with van der Waals surface area (Å²) >= 11 is 1.70. The van der Waals surface area contributed by atoms with E-state index in [0.717, 1.165) is 38.1 Å². The molecule has 1 unspecified atom stereocenters. The van der Waals surface area contributed by atoms with Gasteiger partial charge in [-0.25, -0.2) is 0 Å². The molecular formula is C13H20N4OS. The predicted octanol–water partition coefficient (Wildman–Crippen LogP) is 0.271. The van der Waals surface area contributed by atoms with Gasteiger partial charge in [-0.3, -0.25) is 4.79 Å². The van der Waals surface area contributed by atoms with Crippen LogP contribution in [0, 0.1) is 17.2 Å². The minimum atomic E-state index is -0.727. The summed E-state index contributed by atoms with van der Waals surface area (Å²) in [5, 5.41) is 12.6. The van der Waals surface area contributed by atoms with Crippen LogP contribution in [-0.4, -0.2) is 46.6 Å². The predicted molar refractivity (Wildman–Crippen MR) is 74.2 cm³/mol. The lowest BCUT2D eigenvalue weighted by atomic mass is 9.82. The fraction of sp³-hybridized carbons (Fsp3) is 0.846. The number of thioether (sulfide) groups is 1. The lowest BCUT2D eigenvalue weighted by molar-refractivity contribution is -0.133. The van der Waals surface area contributed by atoms with E-state index in [1.807, 2.05) is 0 Å². The number of amides is 1. The van der Waals surface area contributed by atoms with Gasteiger partial charge >= 0.3 is 0 Å². The molecule has 3 rings (SSSR count). The quantitative estimate of drug-likeness (QED) is 0.759. The first kappa shape index (κ1) is 13.2. The second-order valence-corrected chi connectivity index (χ2v) is 7.11. The summed E-state index contributed by atoms with van der Waals surface area (Å²) in [5.41, 5.74) is 5.68. The molecule has 0 aromatic rings. The molecule has 0 radical (unpaired) electrons. The number of nitrogens with zero attached hydrogens (tertiary/aromatic N) is 2. The van der Waals surface area contributed by atoms with E-state index in [4.69, 9.17) is 11.0 Å². The molecule has 3 aliphatic rings. The van der Waals surface area contributed by atoms with E-state index in [0.29, 0.717) is 12.3 Å². The van der Waals surface area contributed by atoms with Gasteiger partial charge in [0.15, 0.2) is 0 Å². The van der Waals surface area contributed by atoms with Gasteiger partial charge in [0.2, 0.25) is 5.91 Å². The molecule has 3 fully saturated rings. The minimum Gasteiger partial charge on any atom is -0.317 e. The van der Waals surface area contributed by atoms with Crippen LogP contribution in [0.15, 0.2) is 0 Å². The molecule has 0 aromatic heterocycles. The largest absolute Gasteiger partial charge is 0.317 e. The Morgan fingerprint density at radius 3 is 2.95 bits per heavy atom. The Hall–Kier alpha value is -0.770. The number of piperidine rings is 1. The molecule has 104 valence electrons. The summed E-state index contributed by atoms with van der Waals surface area (Å²) in [6.07, 6.45) is 3.69. The van der Waals surface area contributed by atoms with E-state index in [-0.39, 0.29) is 17.3 Å². The molecule has 3 N–H and O–H groups in total. The highest BCUT2D eigenvalue weighted by molar-refractivity contribution is 8.00. The summed E-state index contributed by atoms with van der Waals surface area (Å²) in [6, 6.07) is 1.95. The van der Waals surface area contributed by atoms with Crippen LogP contribution in [0.25, 0.3) is 0 Å². The highest BCUT2D eigenvalue weighted by Gasteiger charge is 2.55. The third-order valence-corrected chi connectivity index (χ3v) is 5.84. The molecule has 19 heavy (non-hydrogen) atoms. The van der Waals surface area contributed by atoms with E-state index in [1.54, 1.807) is 16.7 Å². The van der Waals surface area contributed by atoms with Crippen LogP contribution in [0.5, 0.6) is 0 Å². The van der Waals surface area contributed by atoms with Gasteiger partial charge in [-0.05, 0) is 38.3 Å². The second-order valence-electron chi connectivity index (χ2n) is 5.90. The highest BCUT2D eigenvalue weighted by atomic mass is 32.2. The SMILES string of the molecule is N#C[C@@H]1CSC2C[C@](N)(CC3CCNCC3)C(=O)N21. The zero-order valence-corrected chi connectivity index (χ0v) is 11.8. The number of fused-ring (bicyclic) bond motifs is 1. The summed E-state index contributed by atoms with van der Waals surface area (Å²) in [6.45, 7) is 2.05. The Balaban J connectivity index is 1.71. The van der Waals surface area contributed by atoms with Crippen molar-refractivity contribution in [3.8, 4) is 6.07 Å². The lowest BCUT2D eigenvalue weighted by Crippen LogP contribution is -2.51. The van der Waals surface area contributed by atoms with Crippen LogP contribution < -0.4 is 11.1 Å².